The van der Waals surface area contributed by atoms with Gasteiger partial charge in [-0.2, -0.15) is 4.31 Å². The number of carbonyl (C=O) groups excluding carboxylic acids is 1. The predicted molar refractivity (Wildman–Crippen MR) is 104 cm³/mol. The average molecular weight is 456 g/mol. The second kappa shape index (κ2) is 7.96. The van der Waals surface area contributed by atoms with Crippen molar-refractivity contribution in [2.75, 3.05) is 45.5 Å². The summed E-state index contributed by atoms with van der Waals surface area (Å²) in [7, 11) is -6.80. The fourth-order valence-electron chi connectivity index (χ4n) is 3.41. The minimum absolute atomic E-state index is 0.0145. The highest BCUT2D eigenvalue weighted by Crippen LogP contribution is 2.29. The minimum atomic E-state index is -3.58. The van der Waals surface area contributed by atoms with Gasteiger partial charge in [0.15, 0.2) is 0 Å². The molecular formula is C15H22ClN3O5S3. The van der Waals surface area contributed by atoms with Gasteiger partial charge in [-0.15, -0.1) is 11.3 Å². The number of piperidine rings is 1. The van der Waals surface area contributed by atoms with Crippen LogP contribution < -0.4 is 0 Å². The molecule has 0 unspecified atom stereocenters. The maximum Gasteiger partial charge on any atom is 0.252 e. The van der Waals surface area contributed by atoms with Gasteiger partial charge in [-0.1, -0.05) is 11.6 Å². The molecule has 3 rings (SSSR count). The molecule has 2 saturated heterocycles. The average Bonchev–Trinajstić information content (AvgIpc) is 3.08. The number of nitrogens with zero attached hydrogens (tertiary/aromatic N) is 3. The van der Waals surface area contributed by atoms with Crippen LogP contribution in [0.5, 0.6) is 0 Å². The summed E-state index contributed by atoms with van der Waals surface area (Å²) in [6.07, 6.45) is 2.17. The molecule has 0 spiro atoms. The topological polar surface area (TPSA) is 95.1 Å². The maximum absolute atomic E-state index is 12.7. The molecule has 0 N–H and O–H groups in total. The normalized spacial score (nSPS) is 21.5. The van der Waals surface area contributed by atoms with E-state index in [1.807, 2.05) is 0 Å². The molecule has 27 heavy (non-hydrogen) atoms. The van der Waals surface area contributed by atoms with Crippen LogP contribution in [0.15, 0.2) is 16.3 Å². The van der Waals surface area contributed by atoms with Gasteiger partial charge in [-0.25, -0.2) is 21.1 Å². The van der Waals surface area contributed by atoms with Gasteiger partial charge in [0.05, 0.1) is 10.6 Å². The fraction of sp³-hybridized carbons (Fsp3) is 0.667. The van der Waals surface area contributed by atoms with Crippen LogP contribution in [0.2, 0.25) is 4.34 Å². The van der Waals surface area contributed by atoms with Gasteiger partial charge in [-0.05, 0) is 25.0 Å². The zero-order valence-electron chi connectivity index (χ0n) is 14.9. The van der Waals surface area contributed by atoms with Gasteiger partial charge >= 0.3 is 0 Å². The van der Waals surface area contributed by atoms with E-state index in [2.05, 4.69) is 0 Å². The van der Waals surface area contributed by atoms with E-state index >= 15 is 0 Å². The fourth-order valence-corrected chi connectivity index (χ4v) is 7.34. The van der Waals surface area contributed by atoms with E-state index in [4.69, 9.17) is 11.6 Å². The highest BCUT2D eigenvalue weighted by molar-refractivity contribution is 7.91. The lowest BCUT2D eigenvalue weighted by atomic mass is 9.96. The Labute approximate surface area is 168 Å². The summed E-state index contributed by atoms with van der Waals surface area (Å²) in [5, 5.41) is 0. The van der Waals surface area contributed by atoms with Crippen molar-refractivity contribution in [3.8, 4) is 0 Å². The quantitative estimate of drug-likeness (QED) is 0.672. The van der Waals surface area contributed by atoms with Crippen molar-refractivity contribution in [3.05, 3.63) is 16.5 Å². The van der Waals surface area contributed by atoms with Crippen molar-refractivity contribution >= 4 is 48.9 Å². The highest BCUT2D eigenvalue weighted by atomic mass is 35.5. The number of hydrogen-bond donors (Lipinski definition) is 0. The molecule has 3 heterocycles. The lowest BCUT2D eigenvalue weighted by molar-refractivity contribution is -0.137. The van der Waals surface area contributed by atoms with E-state index in [0.29, 0.717) is 43.4 Å². The molecule has 0 aromatic carbocycles. The molecule has 0 bridgehead atoms. The molecule has 8 nitrogen and oxygen atoms in total. The van der Waals surface area contributed by atoms with Crippen LogP contribution in [0.25, 0.3) is 0 Å². The Kier molecular flexibility index (Phi) is 6.19. The van der Waals surface area contributed by atoms with Gasteiger partial charge in [0, 0.05) is 45.2 Å². The SMILES string of the molecule is CS(=O)(=O)N1CCC(C(=O)N2CCN(S(=O)(=O)c3ccc(Cl)s3)CC2)CC1. The molecule has 2 aliphatic heterocycles. The lowest BCUT2D eigenvalue weighted by Crippen LogP contribution is -2.53. The van der Waals surface area contributed by atoms with Crippen LogP contribution >= 0.6 is 22.9 Å². The highest BCUT2D eigenvalue weighted by Gasteiger charge is 2.35. The van der Waals surface area contributed by atoms with Gasteiger partial charge in [0.2, 0.25) is 15.9 Å². The number of sulfonamides is 2. The van der Waals surface area contributed by atoms with Crippen molar-refractivity contribution in [1.29, 1.82) is 0 Å². The van der Waals surface area contributed by atoms with Crippen LogP contribution in [-0.2, 0) is 24.8 Å². The first kappa shape index (κ1) is 21.0. The van der Waals surface area contributed by atoms with Gasteiger partial charge in [0.25, 0.3) is 10.0 Å². The van der Waals surface area contributed by atoms with Crippen molar-refractivity contribution in [2.24, 2.45) is 5.92 Å². The Morgan fingerprint density at radius 2 is 1.59 bits per heavy atom. The standard InChI is InChI=1S/C15H22ClN3O5S3/c1-26(21,22)18-6-4-12(5-7-18)15(20)17-8-10-19(11-9-17)27(23,24)14-3-2-13(16)25-14/h2-3,12H,4-11H2,1H3. The molecule has 0 saturated carbocycles. The van der Waals surface area contributed by atoms with E-state index in [1.54, 1.807) is 11.0 Å². The predicted octanol–water partition coefficient (Wildman–Crippen LogP) is 0.906. The van der Waals surface area contributed by atoms with Gasteiger partial charge < -0.3 is 4.90 Å². The molecule has 2 fully saturated rings. The third-order valence-corrected chi connectivity index (χ3v) is 9.87. The lowest BCUT2D eigenvalue weighted by Gasteiger charge is -2.37. The van der Waals surface area contributed by atoms with E-state index in [0.717, 1.165) is 11.3 Å². The molecule has 1 aromatic rings. The first-order chi connectivity index (χ1) is 12.6. The van der Waals surface area contributed by atoms with Crippen LogP contribution in [-0.4, -0.2) is 81.8 Å². The van der Waals surface area contributed by atoms with E-state index in [-0.39, 0.29) is 29.1 Å². The molecule has 1 amide bonds. The van der Waals surface area contributed by atoms with Crippen molar-refractivity contribution < 1.29 is 21.6 Å². The van der Waals surface area contributed by atoms with Gasteiger partial charge in [-0.3, -0.25) is 4.79 Å². The largest absolute Gasteiger partial charge is 0.340 e. The second-order valence-electron chi connectivity index (χ2n) is 6.72. The summed E-state index contributed by atoms with van der Waals surface area (Å²) in [4.78, 5) is 14.4. The van der Waals surface area contributed by atoms with Crippen molar-refractivity contribution in [3.63, 3.8) is 0 Å². The summed E-state index contributed by atoms with van der Waals surface area (Å²) < 4.78 is 51.8. The first-order valence-electron chi connectivity index (χ1n) is 8.58. The number of piperazine rings is 1. The number of rotatable bonds is 4. The van der Waals surface area contributed by atoms with Crippen LogP contribution in [0.3, 0.4) is 0 Å². The van der Waals surface area contributed by atoms with Crippen molar-refractivity contribution in [2.45, 2.75) is 17.1 Å². The van der Waals surface area contributed by atoms with Crippen LogP contribution in [0.4, 0.5) is 0 Å². The third kappa shape index (κ3) is 4.65. The number of thiophene rings is 1. The molecule has 0 atom stereocenters. The number of halogens is 1. The molecule has 12 heteroatoms. The van der Waals surface area contributed by atoms with Gasteiger partial charge in [0.1, 0.15) is 4.21 Å². The Morgan fingerprint density at radius 3 is 2.07 bits per heavy atom. The summed E-state index contributed by atoms with van der Waals surface area (Å²) in [5.74, 6) is -0.221. The summed E-state index contributed by atoms with van der Waals surface area (Å²) >= 11 is 6.86. The molecule has 0 radical (unpaired) electrons. The van der Waals surface area contributed by atoms with Crippen molar-refractivity contribution in [1.82, 2.24) is 13.5 Å². The van der Waals surface area contributed by atoms with Crippen LogP contribution in [0, 0.1) is 5.92 Å². The molecule has 1 aromatic heterocycles. The smallest absolute Gasteiger partial charge is 0.252 e. The van der Waals surface area contributed by atoms with E-state index < -0.39 is 20.0 Å². The number of hydrogen-bond acceptors (Lipinski definition) is 6. The second-order valence-corrected chi connectivity index (χ2v) is 12.6. The third-order valence-electron chi connectivity index (χ3n) is 4.97. The Morgan fingerprint density at radius 1 is 1.00 bits per heavy atom. The molecule has 2 aliphatic rings. The number of carbonyl (C=O) groups is 1. The summed E-state index contributed by atoms with van der Waals surface area (Å²) in [6.45, 7) is 1.86. The van der Waals surface area contributed by atoms with E-state index in [1.165, 1.54) is 20.9 Å². The Bertz CT molecular complexity index is 899. The first-order valence-corrected chi connectivity index (χ1v) is 13.1. The Hall–Kier alpha value is -0.720. The summed E-state index contributed by atoms with van der Waals surface area (Å²) in [5.41, 5.74) is 0. The zero-order chi connectivity index (χ0) is 19.8. The monoisotopic (exact) mass is 455 g/mol. The Balaban J connectivity index is 1.56. The minimum Gasteiger partial charge on any atom is -0.340 e. The zero-order valence-corrected chi connectivity index (χ0v) is 18.1. The maximum atomic E-state index is 12.7. The molecule has 0 aliphatic carbocycles. The molecular weight excluding hydrogens is 434 g/mol. The summed E-state index contributed by atoms with van der Waals surface area (Å²) in [6, 6.07) is 3.05. The van der Waals surface area contributed by atoms with Crippen LogP contribution in [0.1, 0.15) is 12.8 Å². The number of amides is 1. The molecule has 152 valence electrons. The van der Waals surface area contributed by atoms with E-state index in [9.17, 15) is 21.6 Å².